The van der Waals surface area contributed by atoms with Crippen molar-refractivity contribution in [1.29, 1.82) is 0 Å². The maximum Gasteiger partial charge on any atom is 0.264 e. The number of hydrogen-bond acceptors (Lipinski definition) is 4. The number of nitrogens with one attached hydrogen (secondary N) is 1. The van der Waals surface area contributed by atoms with Crippen LogP contribution in [0.15, 0.2) is 77.7 Å². The number of halogens is 3. The summed E-state index contributed by atoms with van der Waals surface area (Å²) < 4.78 is 41.2. The summed E-state index contributed by atoms with van der Waals surface area (Å²) in [5, 5.41) is 3.20. The van der Waals surface area contributed by atoms with Crippen LogP contribution in [0.25, 0.3) is 0 Å². The summed E-state index contributed by atoms with van der Waals surface area (Å²) in [5.41, 5.74) is 0.771. The summed E-state index contributed by atoms with van der Waals surface area (Å²) in [6.07, 6.45) is 0. The SMILES string of the molecule is O=C(CN(c1cc(Cl)cc(Cl)c1)S(=O)(=O)c1ccccc1)NCCSCc1ccccc1F. The van der Waals surface area contributed by atoms with Gasteiger partial charge in [-0.15, -0.1) is 0 Å². The maximum absolute atomic E-state index is 13.7. The van der Waals surface area contributed by atoms with Gasteiger partial charge in [0.15, 0.2) is 0 Å². The molecule has 0 aliphatic carbocycles. The van der Waals surface area contributed by atoms with Crippen LogP contribution in [0.1, 0.15) is 5.56 Å². The summed E-state index contributed by atoms with van der Waals surface area (Å²) in [4.78, 5) is 12.6. The molecular formula is C23H21Cl2FN2O3S2. The van der Waals surface area contributed by atoms with Gasteiger partial charge in [-0.05, 0) is 42.0 Å². The number of amides is 1. The molecule has 0 unspecified atom stereocenters. The van der Waals surface area contributed by atoms with E-state index in [-0.39, 0.29) is 26.4 Å². The Labute approximate surface area is 206 Å². The number of carbonyl (C=O) groups is 1. The van der Waals surface area contributed by atoms with E-state index in [4.69, 9.17) is 23.2 Å². The van der Waals surface area contributed by atoms with Crippen molar-refractivity contribution in [1.82, 2.24) is 5.32 Å². The molecule has 0 heterocycles. The van der Waals surface area contributed by atoms with Crippen molar-refractivity contribution in [2.45, 2.75) is 10.6 Å². The Morgan fingerprint density at radius 3 is 2.27 bits per heavy atom. The Bertz CT molecular complexity index is 1190. The van der Waals surface area contributed by atoms with Crippen LogP contribution in [0.3, 0.4) is 0 Å². The Hall–Kier alpha value is -2.26. The Kier molecular flexibility index (Phi) is 9.02. The molecule has 174 valence electrons. The van der Waals surface area contributed by atoms with Crippen LogP contribution >= 0.6 is 35.0 Å². The smallest absolute Gasteiger partial charge is 0.264 e. The molecule has 0 aliphatic heterocycles. The lowest BCUT2D eigenvalue weighted by molar-refractivity contribution is -0.119. The molecule has 33 heavy (non-hydrogen) atoms. The van der Waals surface area contributed by atoms with Gasteiger partial charge in [0.05, 0.1) is 10.6 Å². The fraction of sp³-hybridized carbons (Fsp3) is 0.174. The molecule has 10 heteroatoms. The molecule has 0 spiro atoms. The van der Waals surface area contributed by atoms with Gasteiger partial charge in [0.1, 0.15) is 12.4 Å². The fourth-order valence-electron chi connectivity index (χ4n) is 2.96. The first-order chi connectivity index (χ1) is 15.8. The Balaban J connectivity index is 1.67. The lowest BCUT2D eigenvalue weighted by Gasteiger charge is -2.24. The van der Waals surface area contributed by atoms with E-state index in [1.165, 1.54) is 48.2 Å². The molecule has 0 aromatic heterocycles. The summed E-state index contributed by atoms with van der Waals surface area (Å²) in [5.74, 6) is 0.250. The minimum Gasteiger partial charge on any atom is -0.354 e. The molecular weight excluding hydrogens is 506 g/mol. The molecule has 0 radical (unpaired) electrons. The normalized spacial score (nSPS) is 11.2. The van der Waals surface area contributed by atoms with E-state index in [1.54, 1.807) is 36.4 Å². The summed E-state index contributed by atoms with van der Waals surface area (Å²) in [7, 11) is -4.05. The minimum atomic E-state index is -4.05. The Morgan fingerprint density at radius 1 is 0.970 bits per heavy atom. The van der Waals surface area contributed by atoms with Crippen molar-refractivity contribution in [3.8, 4) is 0 Å². The van der Waals surface area contributed by atoms with Crippen molar-refractivity contribution >= 4 is 56.6 Å². The third kappa shape index (κ3) is 7.11. The lowest BCUT2D eigenvalue weighted by Crippen LogP contribution is -2.41. The summed E-state index contributed by atoms with van der Waals surface area (Å²) >= 11 is 13.6. The number of anilines is 1. The second kappa shape index (κ2) is 11.7. The average molecular weight is 527 g/mol. The van der Waals surface area contributed by atoms with Gasteiger partial charge in [0, 0.05) is 28.1 Å². The quantitative estimate of drug-likeness (QED) is 0.360. The van der Waals surface area contributed by atoms with Gasteiger partial charge in [0.25, 0.3) is 10.0 Å². The van der Waals surface area contributed by atoms with Crippen molar-refractivity contribution in [2.75, 3.05) is 23.1 Å². The molecule has 1 N–H and O–H groups in total. The predicted octanol–water partition coefficient (Wildman–Crippen LogP) is 5.38. The topological polar surface area (TPSA) is 66.5 Å². The number of benzene rings is 3. The number of thioether (sulfide) groups is 1. The van der Waals surface area contributed by atoms with Crippen LogP contribution in [-0.4, -0.2) is 33.2 Å². The highest BCUT2D eigenvalue weighted by Crippen LogP contribution is 2.29. The van der Waals surface area contributed by atoms with Gasteiger partial charge < -0.3 is 5.32 Å². The van der Waals surface area contributed by atoms with Crippen LogP contribution in [0.4, 0.5) is 10.1 Å². The maximum atomic E-state index is 13.7. The molecule has 0 atom stereocenters. The first-order valence-electron chi connectivity index (χ1n) is 9.89. The van der Waals surface area contributed by atoms with Gasteiger partial charge >= 0.3 is 0 Å². The van der Waals surface area contributed by atoms with Crippen molar-refractivity contribution in [3.63, 3.8) is 0 Å². The van der Waals surface area contributed by atoms with Crippen LogP contribution in [-0.2, 0) is 20.6 Å². The first kappa shape index (κ1) is 25.4. The number of hydrogen-bond donors (Lipinski definition) is 1. The van der Waals surface area contributed by atoms with E-state index in [0.29, 0.717) is 23.6 Å². The van der Waals surface area contributed by atoms with Crippen LogP contribution in [0.2, 0.25) is 10.0 Å². The first-order valence-corrected chi connectivity index (χ1v) is 13.2. The largest absolute Gasteiger partial charge is 0.354 e. The van der Waals surface area contributed by atoms with E-state index in [9.17, 15) is 17.6 Å². The van der Waals surface area contributed by atoms with Gasteiger partial charge in [-0.25, -0.2) is 12.8 Å². The van der Waals surface area contributed by atoms with Gasteiger partial charge in [-0.3, -0.25) is 9.10 Å². The lowest BCUT2D eigenvalue weighted by atomic mass is 10.2. The molecule has 5 nitrogen and oxygen atoms in total. The number of nitrogens with zero attached hydrogens (tertiary/aromatic N) is 1. The highest BCUT2D eigenvalue weighted by Gasteiger charge is 2.27. The van der Waals surface area contributed by atoms with Crippen molar-refractivity contribution in [2.24, 2.45) is 0 Å². The number of carbonyl (C=O) groups excluding carboxylic acids is 1. The third-order valence-corrected chi connectivity index (χ3v) is 7.77. The molecule has 0 bridgehead atoms. The van der Waals surface area contributed by atoms with E-state index in [0.717, 1.165) is 4.31 Å². The zero-order valence-electron chi connectivity index (χ0n) is 17.4. The monoisotopic (exact) mass is 526 g/mol. The zero-order valence-corrected chi connectivity index (χ0v) is 20.5. The zero-order chi connectivity index (χ0) is 23.8. The highest BCUT2D eigenvalue weighted by atomic mass is 35.5. The number of rotatable bonds is 10. The second-order valence-corrected chi connectivity index (χ2v) is 10.8. The van der Waals surface area contributed by atoms with Crippen molar-refractivity contribution in [3.05, 3.63) is 94.2 Å². The van der Waals surface area contributed by atoms with Gasteiger partial charge in [-0.1, -0.05) is 59.6 Å². The number of sulfonamides is 1. The average Bonchev–Trinajstić information content (AvgIpc) is 2.78. The van der Waals surface area contributed by atoms with E-state index < -0.39 is 22.5 Å². The van der Waals surface area contributed by atoms with Crippen LogP contribution < -0.4 is 9.62 Å². The molecule has 3 aromatic rings. The predicted molar refractivity (Wildman–Crippen MR) is 133 cm³/mol. The van der Waals surface area contributed by atoms with E-state index in [1.807, 2.05) is 0 Å². The van der Waals surface area contributed by atoms with Crippen molar-refractivity contribution < 1.29 is 17.6 Å². The van der Waals surface area contributed by atoms with Crippen LogP contribution in [0.5, 0.6) is 0 Å². The molecule has 0 aliphatic rings. The summed E-state index contributed by atoms with van der Waals surface area (Å²) in [6, 6.07) is 18.7. The second-order valence-electron chi connectivity index (χ2n) is 6.95. The molecule has 3 rings (SSSR count). The fourth-order valence-corrected chi connectivity index (χ4v) is 5.75. The molecule has 0 fully saturated rings. The van der Waals surface area contributed by atoms with Crippen LogP contribution in [0, 0.1) is 5.82 Å². The third-order valence-electron chi connectivity index (χ3n) is 4.54. The van der Waals surface area contributed by atoms with Gasteiger partial charge in [0.2, 0.25) is 5.91 Å². The highest BCUT2D eigenvalue weighted by molar-refractivity contribution is 7.98. The standard InChI is InChI=1S/C23H21Cl2FN2O3S2/c24-18-12-19(25)14-20(13-18)28(33(30,31)21-7-2-1-3-8-21)15-23(29)27-10-11-32-16-17-6-4-5-9-22(17)26/h1-9,12-14H,10-11,15-16H2,(H,27,29). The minimum absolute atomic E-state index is 0.0364. The van der Waals surface area contributed by atoms with Gasteiger partial charge in [-0.2, -0.15) is 11.8 Å². The summed E-state index contributed by atoms with van der Waals surface area (Å²) in [6.45, 7) is -0.153. The van der Waals surface area contributed by atoms with E-state index in [2.05, 4.69) is 5.32 Å². The van der Waals surface area contributed by atoms with E-state index >= 15 is 0 Å². The molecule has 0 saturated heterocycles. The Morgan fingerprint density at radius 2 is 1.61 bits per heavy atom. The molecule has 1 amide bonds. The molecule has 0 saturated carbocycles. The molecule has 3 aromatic carbocycles.